The first-order chi connectivity index (χ1) is 8.06. The van der Waals surface area contributed by atoms with Gasteiger partial charge in [-0.25, -0.2) is 4.39 Å². The van der Waals surface area contributed by atoms with Crippen molar-refractivity contribution in [3.63, 3.8) is 0 Å². The monoisotopic (exact) mass is 254 g/mol. The van der Waals surface area contributed by atoms with E-state index in [0.29, 0.717) is 17.3 Å². The fraction of sp³-hybridized carbons (Fsp3) is 0.250. The number of benzene rings is 1. The molecule has 5 heteroatoms. The molecule has 0 aliphatic heterocycles. The van der Waals surface area contributed by atoms with Gasteiger partial charge in [0.05, 0.1) is 5.69 Å². The van der Waals surface area contributed by atoms with Crippen LogP contribution in [0, 0.1) is 19.7 Å². The van der Waals surface area contributed by atoms with Crippen molar-refractivity contribution in [2.24, 2.45) is 0 Å². The van der Waals surface area contributed by atoms with E-state index in [-0.39, 0.29) is 5.82 Å². The second-order valence-corrected chi connectivity index (χ2v) is 4.25. The summed E-state index contributed by atoms with van der Waals surface area (Å²) in [5.41, 5.74) is 2.44. The molecule has 2 aromatic rings. The van der Waals surface area contributed by atoms with Crippen molar-refractivity contribution in [2.45, 2.75) is 20.4 Å². The van der Waals surface area contributed by atoms with Crippen LogP contribution in [0.5, 0.6) is 0 Å². The third-order valence-electron chi connectivity index (χ3n) is 2.51. The van der Waals surface area contributed by atoms with Crippen LogP contribution in [0.4, 0.5) is 10.1 Å². The minimum Gasteiger partial charge on any atom is -0.381 e. The lowest BCUT2D eigenvalue weighted by molar-refractivity contribution is 0.392. The van der Waals surface area contributed by atoms with Crippen molar-refractivity contribution < 1.29 is 8.91 Å². The summed E-state index contributed by atoms with van der Waals surface area (Å²) in [7, 11) is 0. The molecule has 90 valence electrons. The van der Waals surface area contributed by atoms with E-state index in [2.05, 4.69) is 10.5 Å². The third-order valence-corrected chi connectivity index (χ3v) is 2.73. The first-order valence-corrected chi connectivity index (χ1v) is 5.56. The van der Waals surface area contributed by atoms with Gasteiger partial charge in [-0.3, -0.25) is 0 Å². The van der Waals surface area contributed by atoms with Crippen LogP contribution >= 0.6 is 11.6 Å². The highest BCUT2D eigenvalue weighted by molar-refractivity contribution is 6.30. The van der Waals surface area contributed by atoms with Crippen LogP contribution in [0.3, 0.4) is 0 Å². The average molecular weight is 255 g/mol. The van der Waals surface area contributed by atoms with E-state index >= 15 is 0 Å². The summed E-state index contributed by atoms with van der Waals surface area (Å²) in [6, 6.07) is 4.33. The highest BCUT2D eigenvalue weighted by atomic mass is 35.5. The summed E-state index contributed by atoms with van der Waals surface area (Å²) in [5.74, 6) is 0.399. The summed E-state index contributed by atoms with van der Waals surface area (Å²) >= 11 is 5.76. The normalized spacial score (nSPS) is 10.6. The molecule has 0 fully saturated rings. The van der Waals surface area contributed by atoms with Gasteiger partial charge in [-0.1, -0.05) is 16.8 Å². The molecule has 0 atom stereocenters. The van der Waals surface area contributed by atoms with Crippen LogP contribution < -0.4 is 5.32 Å². The number of nitrogens with zero attached hydrogens (tertiary/aromatic N) is 1. The van der Waals surface area contributed by atoms with Gasteiger partial charge >= 0.3 is 0 Å². The molecule has 0 amide bonds. The van der Waals surface area contributed by atoms with Crippen LogP contribution in [0.2, 0.25) is 5.02 Å². The molecule has 17 heavy (non-hydrogen) atoms. The lowest BCUT2D eigenvalue weighted by Gasteiger charge is -2.06. The van der Waals surface area contributed by atoms with E-state index < -0.39 is 0 Å². The first-order valence-electron chi connectivity index (χ1n) is 5.18. The number of halogens is 2. The lowest BCUT2D eigenvalue weighted by atomic mass is 10.2. The molecule has 1 aromatic heterocycles. The highest BCUT2D eigenvalue weighted by Gasteiger charge is 2.08. The molecule has 0 radical (unpaired) electrons. The fourth-order valence-electron chi connectivity index (χ4n) is 1.60. The van der Waals surface area contributed by atoms with Crippen LogP contribution in [0.15, 0.2) is 22.7 Å². The molecule has 1 aromatic carbocycles. The highest BCUT2D eigenvalue weighted by Crippen LogP contribution is 2.20. The molecule has 0 saturated carbocycles. The predicted octanol–water partition coefficient (Wildman–Crippen LogP) is 3.70. The summed E-state index contributed by atoms with van der Waals surface area (Å²) < 4.78 is 18.1. The number of hydrogen-bond acceptors (Lipinski definition) is 3. The Balaban J connectivity index is 2.12. The minimum absolute atomic E-state index is 0.362. The van der Waals surface area contributed by atoms with Crippen molar-refractivity contribution in [3.8, 4) is 0 Å². The van der Waals surface area contributed by atoms with E-state index in [4.69, 9.17) is 16.1 Å². The molecule has 0 aliphatic carbocycles. The zero-order chi connectivity index (χ0) is 12.4. The number of aryl methyl sites for hydroxylation is 2. The summed E-state index contributed by atoms with van der Waals surface area (Å²) in [4.78, 5) is 0. The van der Waals surface area contributed by atoms with Gasteiger partial charge in [0.25, 0.3) is 0 Å². The molecule has 3 nitrogen and oxygen atoms in total. The Morgan fingerprint density at radius 2 is 2.12 bits per heavy atom. The van der Waals surface area contributed by atoms with Crippen LogP contribution in [0.25, 0.3) is 0 Å². The Morgan fingerprint density at radius 1 is 1.35 bits per heavy atom. The maximum absolute atomic E-state index is 13.1. The Bertz CT molecular complexity index is 500. The van der Waals surface area contributed by atoms with E-state index in [1.165, 1.54) is 12.1 Å². The second kappa shape index (κ2) is 4.75. The van der Waals surface area contributed by atoms with Crippen molar-refractivity contribution >= 4 is 17.3 Å². The fourth-order valence-corrected chi connectivity index (χ4v) is 1.82. The molecule has 1 heterocycles. The number of hydrogen-bond donors (Lipinski definition) is 1. The molecular weight excluding hydrogens is 243 g/mol. The van der Waals surface area contributed by atoms with E-state index in [9.17, 15) is 4.39 Å². The van der Waals surface area contributed by atoms with Gasteiger partial charge in [0.2, 0.25) is 0 Å². The van der Waals surface area contributed by atoms with E-state index in [1.54, 1.807) is 6.07 Å². The second-order valence-electron chi connectivity index (χ2n) is 3.81. The van der Waals surface area contributed by atoms with Gasteiger partial charge in [-0.15, -0.1) is 0 Å². The lowest BCUT2D eigenvalue weighted by Crippen LogP contribution is -2.01. The molecule has 0 aliphatic rings. The van der Waals surface area contributed by atoms with Gasteiger partial charge < -0.3 is 9.84 Å². The van der Waals surface area contributed by atoms with E-state index in [1.807, 2.05) is 13.8 Å². The van der Waals surface area contributed by atoms with Crippen LogP contribution in [-0.4, -0.2) is 5.16 Å². The largest absolute Gasteiger partial charge is 0.381 e. The SMILES string of the molecule is Cc1noc(C)c1CNc1cc(F)cc(Cl)c1. The van der Waals surface area contributed by atoms with Crippen molar-refractivity contribution in [1.29, 1.82) is 0 Å². The zero-order valence-electron chi connectivity index (χ0n) is 9.55. The van der Waals surface area contributed by atoms with Crippen LogP contribution in [-0.2, 0) is 6.54 Å². The van der Waals surface area contributed by atoms with Gasteiger partial charge in [0.1, 0.15) is 11.6 Å². The Hall–Kier alpha value is -1.55. The standard InChI is InChI=1S/C12H12ClFN2O/c1-7-12(8(2)17-16-7)6-15-11-4-9(13)3-10(14)5-11/h3-5,15H,6H2,1-2H3. The Kier molecular flexibility index (Phi) is 3.33. The Morgan fingerprint density at radius 3 is 2.71 bits per heavy atom. The first kappa shape index (κ1) is 11.9. The van der Waals surface area contributed by atoms with Crippen molar-refractivity contribution in [2.75, 3.05) is 5.32 Å². The summed E-state index contributed by atoms with van der Waals surface area (Å²) in [5, 5.41) is 7.30. The summed E-state index contributed by atoms with van der Waals surface area (Å²) in [6.45, 7) is 4.24. The molecule has 1 N–H and O–H groups in total. The van der Waals surface area contributed by atoms with Gasteiger partial charge in [-0.2, -0.15) is 0 Å². The molecular formula is C12H12ClFN2O. The molecule has 0 unspecified atom stereocenters. The zero-order valence-corrected chi connectivity index (χ0v) is 10.3. The minimum atomic E-state index is -0.362. The number of nitrogens with one attached hydrogen (secondary N) is 1. The van der Waals surface area contributed by atoms with Crippen LogP contribution in [0.1, 0.15) is 17.0 Å². The maximum atomic E-state index is 13.1. The number of aromatic nitrogens is 1. The summed E-state index contributed by atoms with van der Waals surface area (Å²) in [6.07, 6.45) is 0. The Labute approximate surface area is 104 Å². The molecule has 2 rings (SSSR count). The van der Waals surface area contributed by atoms with Crippen molar-refractivity contribution in [1.82, 2.24) is 5.16 Å². The van der Waals surface area contributed by atoms with Crippen molar-refractivity contribution in [3.05, 3.63) is 46.1 Å². The molecule has 0 spiro atoms. The maximum Gasteiger partial charge on any atom is 0.138 e. The number of anilines is 1. The van der Waals surface area contributed by atoms with E-state index in [0.717, 1.165) is 17.0 Å². The third kappa shape index (κ3) is 2.77. The molecule has 0 bridgehead atoms. The van der Waals surface area contributed by atoms with Gasteiger partial charge in [0, 0.05) is 22.8 Å². The topological polar surface area (TPSA) is 38.1 Å². The van der Waals surface area contributed by atoms with Gasteiger partial charge in [0.15, 0.2) is 0 Å². The molecule has 0 saturated heterocycles. The smallest absolute Gasteiger partial charge is 0.138 e. The quantitative estimate of drug-likeness (QED) is 0.908. The number of rotatable bonds is 3. The predicted molar refractivity (Wildman–Crippen MR) is 64.7 cm³/mol. The van der Waals surface area contributed by atoms with Gasteiger partial charge in [-0.05, 0) is 32.0 Å². The average Bonchev–Trinajstić information content (AvgIpc) is 2.55.